The molecule has 2 aromatic carbocycles. The monoisotopic (exact) mass is 359 g/mol. The topological polar surface area (TPSA) is 111 Å². The summed E-state index contributed by atoms with van der Waals surface area (Å²) in [7, 11) is 0. The minimum absolute atomic E-state index is 0.0534. The van der Waals surface area contributed by atoms with Crippen molar-refractivity contribution in [3.63, 3.8) is 0 Å². The number of anilines is 2. The number of hydrogen-bond donors (Lipinski definition) is 5. The average Bonchev–Trinajstić information content (AvgIpc) is 2.56. The second kappa shape index (κ2) is 7.73. The molecule has 0 saturated carbocycles. The molecule has 0 bridgehead atoms. The van der Waals surface area contributed by atoms with E-state index in [9.17, 15) is 9.59 Å². The molecule has 0 heterocycles. The minimum Gasteiger partial charge on any atom is -0.478 e. The molecule has 0 aliphatic rings. The van der Waals surface area contributed by atoms with Gasteiger partial charge in [-0.3, -0.25) is 20.8 Å². The molecule has 8 heteroatoms. The maximum Gasteiger partial charge on any atom is 0.335 e. The van der Waals surface area contributed by atoms with Crippen molar-refractivity contribution >= 4 is 40.6 Å². The van der Waals surface area contributed by atoms with Gasteiger partial charge in [0.1, 0.15) is 0 Å². The van der Waals surface area contributed by atoms with E-state index in [1.807, 2.05) is 5.48 Å². The van der Waals surface area contributed by atoms with Gasteiger partial charge in [0.05, 0.1) is 11.3 Å². The zero-order valence-electron chi connectivity index (χ0n) is 13.6. The summed E-state index contributed by atoms with van der Waals surface area (Å²) >= 11 is 5.12. The largest absolute Gasteiger partial charge is 0.478 e. The number of nitrogens with one attached hydrogen (secondary N) is 3. The molecule has 5 N–H and O–H groups in total. The van der Waals surface area contributed by atoms with Crippen LogP contribution in [0.1, 0.15) is 31.8 Å². The van der Waals surface area contributed by atoms with Crippen molar-refractivity contribution in [3.05, 3.63) is 58.7 Å². The van der Waals surface area contributed by atoms with E-state index in [1.54, 1.807) is 38.1 Å². The van der Waals surface area contributed by atoms with Crippen LogP contribution in [0.3, 0.4) is 0 Å². The molecule has 0 aliphatic heterocycles. The molecular formula is C17H17N3O4S. The fourth-order valence-corrected chi connectivity index (χ4v) is 2.35. The predicted molar refractivity (Wildman–Crippen MR) is 98.4 cm³/mol. The summed E-state index contributed by atoms with van der Waals surface area (Å²) < 4.78 is 0. The molecule has 0 aliphatic carbocycles. The normalized spacial score (nSPS) is 10.0. The number of benzene rings is 2. The van der Waals surface area contributed by atoms with E-state index in [-0.39, 0.29) is 10.7 Å². The number of carboxylic acids is 1. The van der Waals surface area contributed by atoms with Crippen LogP contribution in [0.25, 0.3) is 0 Å². The van der Waals surface area contributed by atoms with E-state index >= 15 is 0 Å². The van der Waals surface area contributed by atoms with Crippen molar-refractivity contribution in [2.75, 3.05) is 10.8 Å². The second-order valence-electron chi connectivity index (χ2n) is 5.38. The molecule has 25 heavy (non-hydrogen) atoms. The Bertz CT molecular complexity index is 852. The van der Waals surface area contributed by atoms with Crippen LogP contribution in [0.2, 0.25) is 0 Å². The summed E-state index contributed by atoms with van der Waals surface area (Å²) in [4.78, 5) is 23.3. The van der Waals surface area contributed by atoms with E-state index in [4.69, 9.17) is 22.5 Å². The highest BCUT2D eigenvalue weighted by atomic mass is 32.1. The van der Waals surface area contributed by atoms with Crippen LogP contribution in [0.5, 0.6) is 0 Å². The zero-order valence-corrected chi connectivity index (χ0v) is 14.4. The number of thiocarbonyl (C=S) groups is 1. The maximum absolute atomic E-state index is 12.2. The third-order valence-electron chi connectivity index (χ3n) is 3.57. The lowest BCUT2D eigenvalue weighted by Gasteiger charge is -2.13. The van der Waals surface area contributed by atoms with Crippen LogP contribution < -0.4 is 16.1 Å². The minimum atomic E-state index is -1.05. The van der Waals surface area contributed by atoms with Gasteiger partial charge >= 0.3 is 5.97 Å². The molecule has 2 rings (SSSR count). The van der Waals surface area contributed by atoms with Gasteiger partial charge in [0.2, 0.25) is 0 Å². The number of aryl methyl sites for hydroxylation is 2. The van der Waals surface area contributed by atoms with Crippen LogP contribution in [-0.2, 0) is 0 Å². The number of carboxylic acid groups (broad SMARTS) is 1. The molecule has 0 radical (unpaired) electrons. The zero-order chi connectivity index (χ0) is 18.6. The van der Waals surface area contributed by atoms with E-state index in [0.717, 1.165) is 5.56 Å². The maximum atomic E-state index is 12.2. The molecule has 7 nitrogen and oxygen atoms in total. The Balaban J connectivity index is 2.10. The second-order valence-corrected chi connectivity index (χ2v) is 5.79. The average molecular weight is 359 g/mol. The predicted octanol–water partition coefficient (Wildman–Crippen LogP) is 2.93. The number of hydrogen-bond acceptors (Lipinski definition) is 5. The first-order valence-electron chi connectivity index (χ1n) is 7.29. The van der Waals surface area contributed by atoms with E-state index in [2.05, 4.69) is 10.6 Å². The molecule has 1 amide bonds. The van der Waals surface area contributed by atoms with E-state index in [0.29, 0.717) is 22.5 Å². The van der Waals surface area contributed by atoms with Crippen molar-refractivity contribution in [1.29, 1.82) is 0 Å². The highest BCUT2D eigenvalue weighted by Crippen LogP contribution is 2.18. The van der Waals surface area contributed by atoms with Crippen LogP contribution >= 0.6 is 12.2 Å². The third kappa shape index (κ3) is 4.52. The van der Waals surface area contributed by atoms with E-state index < -0.39 is 11.9 Å². The molecule has 0 fully saturated rings. The van der Waals surface area contributed by atoms with Crippen molar-refractivity contribution in [2.45, 2.75) is 13.8 Å². The van der Waals surface area contributed by atoms with Crippen molar-refractivity contribution in [1.82, 2.24) is 5.32 Å². The van der Waals surface area contributed by atoms with E-state index in [1.165, 1.54) is 12.1 Å². The van der Waals surface area contributed by atoms with Gasteiger partial charge in [0.15, 0.2) is 5.11 Å². The lowest BCUT2D eigenvalue weighted by atomic mass is 10.1. The van der Waals surface area contributed by atoms with Gasteiger partial charge < -0.3 is 10.4 Å². The van der Waals surface area contributed by atoms with Gasteiger partial charge in [-0.05, 0) is 67.5 Å². The molecule has 0 unspecified atom stereocenters. The number of aromatic carboxylic acids is 1. The third-order valence-corrected chi connectivity index (χ3v) is 3.77. The lowest BCUT2D eigenvalue weighted by molar-refractivity contribution is 0.0696. The molecule has 0 aromatic heterocycles. The van der Waals surface area contributed by atoms with Gasteiger partial charge in [-0.2, -0.15) is 0 Å². The Kier molecular flexibility index (Phi) is 5.68. The van der Waals surface area contributed by atoms with Crippen molar-refractivity contribution in [2.24, 2.45) is 0 Å². The summed E-state index contributed by atoms with van der Waals surface area (Å²) in [6.45, 7) is 3.54. The lowest BCUT2D eigenvalue weighted by Crippen LogP contribution is -2.34. The van der Waals surface area contributed by atoms with Gasteiger partial charge in [-0.15, -0.1) is 0 Å². The molecule has 0 saturated heterocycles. The molecule has 0 spiro atoms. The number of amides is 1. The first-order valence-corrected chi connectivity index (χ1v) is 7.69. The van der Waals surface area contributed by atoms with Crippen LogP contribution in [0.15, 0.2) is 36.4 Å². The quantitative estimate of drug-likeness (QED) is 0.422. The number of carbonyl (C=O) groups excluding carboxylic acids is 1. The Morgan fingerprint density at radius 2 is 1.64 bits per heavy atom. The Morgan fingerprint density at radius 1 is 0.960 bits per heavy atom. The number of carbonyl (C=O) groups is 2. The summed E-state index contributed by atoms with van der Waals surface area (Å²) in [5.74, 6) is -1.47. The fourth-order valence-electron chi connectivity index (χ4n) is 2.15. The highest BCUT2D eigenvalue weighted by Gasteiger charge is 2.12. The molecule has 0 atom stereocenters. The van der Waals surface area contributed by atoms with Crippen LogP contribution in [0.4, 0.5) is 11.4 Å². The highest BCUT2D eigenvalue weighted by molar-refractivity contribution is 7.80. The summed E-state index contributed by atoms with van der Waals surface area (Å²) in [5, 5.41) is 23.4. The molecular weight excluding hydrogens is 342 g/mol. The standard InChI is InChI=1S/C17H17N3O4S/c1-9-3-4-12(16(22)23)8-14(9)18-17(25)19-15(21)11-5-6-13(20-24)10(2)7-11/h3-8,20,24H,1-2H3,(H,22,23)(H2,18,19,21,25). The first-order chi connectivity index (χ1) is 11.8. The van der Waals surface area contributed by atoms with Crippen molar-refractivity contribution < 1.29 is 19.9 Å². The Morgan fingerprint density at radius 3 is 2.24 bits per heavy atom. The molecule has 130 valence electrons. The van der Waals surface area contributed by atoms with Gasteiger partial charge in [-0.25, -0.2) is 4.79 Å². The SMILES string of the molecule is Cc1cc(C(=O)NC(=S)Nc2cc(C(=O)O)ccc2C)ccc1NO. The summed E-state index contributed by atoms with van der Waals surface area (Å²) in [6.07, 6.45) is 0. The van der Waals surface area contributed by atoms with Crippen molar-refractivity contribution in [3.8, 4) is 0 Å². The Hall–Kier alpha value is -2.97. The van der Waals surface area contributed by atoms with Gasteiger partial charge in [-0.1, -0.05) is 6.07 Å². The fraction of sp³-hybridized carbons (Fsp3) is 0.118. The smallest absolute Gasteiger partial charge is 0.335 e. The summed E-state index contributed by atoms with van der Waals surface area (Å²) in [5.41, 5.74) is 5.01. The van der Waals surface area contributed by atoms with Gasteiger partial charge in [0, 0.05) is 11.3 Å². The summed E-state index contributed by atoms with van der Waals surface area (Å²) in [6, 6.07) is 9.31. The number of rotatable bonds is 4. The van der Waals surface area contributed by atoms with Crippen LogP contribution in [-0.4, -0.2) is 27.3 Å². The van der Waals surface area contributed by atoms with Crippen LogP contribution in [0, 0.1) is 13.8 Å². The Labute approximate surface area is 149 Å². The first kappa shape index (κ1) is 18.4. The molecule has 2 aromatic rings. The van der Waals surface area contributed by atoms with Gasteiger partial charge in [0.25, 0.3) is 5.91 Å².